The third-order valence-electron chi connectivity index (χ3n) is 9.21. The molecule has 71 heavy (non-hydrogen) atoms. The van der Waals surface area contributed by atoms with Crippen LogP contribution in [0.4, 0.5) is 0 Å². The second-order valence-corrected chi connectivity index (χ2v) is 15.1. The average Bonchev–Trinajstić information content (AvgIpc) is 3.29. The van der Waals surface area contributed by atoms with Gasteiger partial charge in [-0.05, 0) is 60.7 Å². The smallest absolute Gasteiger partial charge is 0.446 e. The molecule has 0 aromatic heterocycles. The Labute approximate surface area is 392 Å². The summed E-state index contributed by atoms with van der Waals surface area (Å²) >= 11 is 0. The molecule has 30 heteroatoms. The van der Waals surface area contributed by atoms with Gasteiger partial charge in [0.25, 0.3) is 0 Å². The van der Waals surface area contributed by atoms with E-state index in [9.17, 15) is 109 Å². The van der Waals surface area contributed by atoms with Crippen LogP contribution in [-0.2, 0) is 38.9 Å². The van der Waals surface area contributed by atoms with E-state index in [0.29, 0.717) is 60.7 Å². The Hall–Kier alpha value is -9.97. The lowest BCUT2D eigenvalue weighted by Gasteiger charge is -2.34. The number of esters is 5. The van der Waals surface area contributed by atoms with Gasteiger partial charge in [0.2, 0.25) is 5.75 Å². The van der Waals surface area contributed by atoms with E-state index in [0.717, 1.165) is 0 Å². The van der Waals surface area contributed by atoms with Crippen LogP contribution < -0.4 is 4.18 Å². The van der Waals surface area contributed by atoms with Crippen LogP contribution >= 0.6 is 0 Å². The molecule has 0 aliphatic carbocycles. The summed E-state index contributed by atoms with van der Waals surface area (Å²) < 4.78 is 62.2. The molecule has 0 aliphatic rings. The predicted octanol–water partition coefficient (Wildman–Crippen LogP) is 1.00. The van der Waals surface area contributed by atoms with Crippen molar-refractivity contribution in [2.75, 3.05) is 6.61 Å². The predicted molar refractivity (Wildman–Crippen MR) is 221 cm³/mol. The van der Waals surface area contributed by atoms with Crippen LogP contribution in [0.25, 0.3) is 0 Å². The van der Waals surface area contributed by atoms with Crippen LogP contribution in [0.2, 0.25) is 0 Å². The molecule has 0 heterocycles. The molecule has 5 aromatic rings. The molecular weight excluding hydrogens is 988 g/mol. The van der Waals surface area contributed by atoms with Gasteiger partial charge in [0.1, 0.15) is 6.61 Å². The average molecular weight is 1020 g/mol. The van der Waals surface area contributed by atoms with Crippen molar-refractivity contribution in [1.29, 1.82) is 0 Å². The molecule has 0 saturated carbocycles. The highest BCUT2D eigenvalue weighted by atomic mass is 32.3. The minimum absolute atomic E-state index is 0.306. The van der Waals surface area contributed by atoms with Gasteiger partial charge in [0.15, 0.2) is 111 Å². The number of phenols is 14. The molecule has 376 valence electrons. The number of aromatic hydroxyl groups is 14. The molecule has 0 spiro atoms. The summed E-state index contributed by atoms with van der Waals surface area (Å²) in [6.45, 7) is -1.57. The summed E-state index contributed by atoms with van der Waals surface area (Å²) in [6, 6.07) is 4.27. The number of aldehydes is 1. The van der Waals surface area contributed by atoms with Crippen molar-refractivity contribution in [2.24, 2.45) is 0 Å². The van der Waals surface area contributed by atoms with Crippen LogP contribution in [0.5, 0.6) is 86.2 Å². The topological polar surface area (TPSA) is 495 Å². The number of carbonyl (C=O) groups excluding carboxylic acids is 6. The van der Waals surface area contributed by atoms with E-state index in [1.807, 2.05) is 0 Å². The molecule has 5 aromatic carbocycles. The Kier molecular flexibility index (Phi) is 15.0. The first-order valence-electron chi connectivity index (χ1n) is 18.8. The number of hydrogen-bond donors (Lipinski definition) is 15. The number of ether oxygens (including phenoxy) is 5. The fraction of sp³-hybridized carbons (Fsp3) is 0.122. The zero-order valence-corrected chi connectivity index (χ0v) is 35.5. The maximum atomic E-state index is 14.0. The van der Waals surface area contributed by atoms with Crippen molar-refractivity contribution < 1.29 is 141 Å². The third kappa shape index (κ3) is 12.0. The number of phenolic OH excluding ortho intramolecular Hbond substituents is 14. The lowest BCUT2D eigenvalue weighted by Crippen LogP contribution is -2.54. The van der Waals surface area contributed by atoms with Gasteiger partial charge in [0.05, 0.1) is 27.8 Å². The van der Waals surface area contributed by atoms with E-state index in [4.69, 9.17) is 28.2 Å². The van der Waals surface area contributed by atoms with E-state index in [1.54, 1.807) is 0 Å². The maximum absolute atomic E-state index is 14.0. The maximum Gasteiger partial charge on any atom is 0.446 e. The summed E-state index contributed by atoms with van der Waals surface area (Å²) in [6.07, 6.45) is -11.8. The minimum atomic E-state index is -5.44. The SMILES string of the molecule is O=C[C@H](OC(=O)c1cc(O)c(OS(=O)(=O)O)c(O)c1)[C@@H](OC(=O)c1cc(O)c(O)c(O)c1)[C@H](OC(=O)c1cc(O)c(O)c(O)c1)[C@@H](COC(=O)c1cc(O)c(O)c(O)c1)OC(=O)c1cc(O)c(O)c(O)c1. The summed E-state index contributed by atoms with van der Waals surface area (Å²) in [4.78, 5) is 81.7. The van der Waals surface area contributed by atoms with Gasteiger partial charge < -0.3 is 99.4 Å². The van der Waals surface area contributed by atoms with Crippen molar-refractivity contribution in [3.05, 3.63) is 88.5 Å². The Balaban J connectivity index is 1.74. The van der Waals surface area contributed by atoms with Crippen molar-refractivity contribution >= 4 is 46.5 Å². The normalized spacial score (nSPS) is 12.8. The molecule has 4 atom stereocenters. The number of rotatable bonds is 17. The highest BCUT2D eigenvalue weighted by Gasteiger charge is 2.46. The van der Waals surface area contributed by atoms with Crippen LogP contribution in [-0.4, -0.2) is 152 Å². The van der Waals surface area contributed by atoms with E-state index < -0.39 is 192 Å². The van der Waals surface area contributed by atoms with Gasteiger partial charge in [-0.1, -0.05) is 0 Å². The molecular formula is C41H32O29S. The standard InChI is InChI=1S/C41H32O29S/c42-11-28(66-38(58)17-9-26(51)34(27(52)10-17)70-71(62,63)64)35(68-40(60)15-5-22(47)32(55)23(48)6-15)36(69-41(61)16-7-24(49)33(56)25(50)8-16)29(67-39(59)14-3-20(45)31(54)21(46)4-14)12-65-37(57)13-1-18(43)30(53)19(44)2-13/h1-11,28-29,35-36,43-56H,12H2,(H,62,63,64)/t28-,29+,35+,36+/m0/s1. The Morgan fingerprint density at radius 1 is 0.423 bits per heavy atom. The van der Waals surface area contributed by atoms with Gasteiger partial charge in [0, 0.05) is 0 Å². The molecule has 0 fully saturated rings. The Morgan fingerprint density at radius 3 is 1.03 bits per heavy atom. The Morgan fingerprint density at radius 2 is 0.704 bits per heavy atom. The summed E-state index contributed by atoms with van der Waals surface area (Å²) in [5, 5.41) is 141. The van der Waals surface area contributed by atoms with Gasteiger partial charge in [-0.15, -0.1) is 0 Å². The molecule has 0 bridgehead atoms. The lowest BCUT2D eigenvalue weighted by molar-refractivity contribution is -0.143. The van der Waals surface area contributed by atoms with Crippen molar-refractivity contribution in [1.82, 2.24) is 0 Å². The summed E-state index contributed by atoms with van der Waals surface area (Å²) in [5.41, 5.74) is -4.69. The lowest BCUT2D eigenvalue weighted by atomic mass is 10.0. The van der Waals surface area contributed by atoms with Gasteiger partial charge in [-0.3, -0.25) is 9.35 Å². The molecule has 0 amide bonds. The van der Waals surface area contributed by atoms with E-state index in [1.165, 1.54) is 0 Å². The van der Waals surface area contributed by atoms with Crippen LogP contribution in [0, 0.1) is 0 Å². The van der Waals surface area contributed by atoms with Crippen molar-refractivity contribution in [3.63, 3.8) is 0 Å². The van der Waals surface area contributed by atoms with Crippen molar-refractivity contribution in [2.45, 2.75) is 24.4 Å². The van der Waals surface area contributed by atoms with Gasteiger partial charge in [-0.2, -0.15) is 8.42 Å². The Bertz CT molecular complexity index is 2980. The number of carbonyl (C=O) groups is 6. The monoisotopic (exact) mass is 1020 g/mol. The fourth-order valence-electron chi connectivity index (χ4n) is 5.86. The number of benzene rings is 5. The largest absolute Gasteiger partial charge is 0.504 e. The van der Waals surface area contributed by atoms with E-state index in [-0.39, 0.29) is 0 Å². The molecule has 0 unspecified atom stereocenters. The second-order valence-electron chi connectivity index (χ2n) is 14.1. The van der Waals surface area contributed by atoms with Crippen LogP contribution in [0.1, 0.15) is 51.8 Å². The van der Waals surface area contributed by atoms with E-state index in [2.05, 4.69) is 4.18 Å². The molecule has 0 radical (unpaired) electrons. The first-order valence-corrected chi connectivity index (χ1v) is 20.2. The van der Waals surface area contributed by atoms with Gasteiger partial charge >= 0.3 is 40.2 Å². The fourth-order valence-corrected chi connectivity index (χ4v) is 6.24. The summed E-state index contributed by atoms with van der Waals surface area (Å²) in [7, 11) is -5.44. The molecule has 29 nitrogen and oxygen atoms in total. The van der Waals surface area contributed by atoms with Gasteiger partial charge in [-0.25, -0.2) is 24.0 Å². The minimum Gasteiger partial charge on any atom is -0.504 e. The zero-order valence-electron chi connectivity index (χ0n) is 34.7. The van der Waals surface area contributed by atoms with Crippen LogP contribution in [0.3, 0.4) is 0 Å². The first-order chi connectivity index (χ1) is 33.1. The molecule has 5 rings (SSSR count). The zero-order chi connectivity index (χ0) is 53.0. The molecule has 15 N–H and O–H groups in total. The quantitative estimate of drug-likeness (QED) is 0.0203. The van der Waals surface area contributed by atoms with Crippen LogP contribution in [0.15, 0.2) is 60.7 Å². The first kappa shape index (κ1) is 52.0. The highest BCUT2D eigenvalue weighted by molar-refractivity contribution is 7.81. The number of hydrogen-bond acceptors (Lipinski definition) is 28. The highest BCUT2D eigenvalue weighted by Crippen LogP contribution is 2.41. The molecule has 0 saturated heterocycles. The van der Waals surface area contributed by atoms with Crippen molar-refractivity contribution in [3.8, 4) is 86.2 Å². The van der Waals surface area contributed by atoms with E-state index >= 15 is 0 Å². The second kappa shape index (κ2) is 20.5. The molecule has 0 aliphatic heterocycles. The summed E-state index contributed by atoms with van der Waals surface area (Å²) in [5.74, 6) is -27.4. The third-order valence-corrected chi connectivity index (χ3v) is 9.59.